The molecular formula is C13H6Cl2F3NO. The summed E-state index contributed by atoms with van der Waals surface area (Å²) in [5.74, 6) is 0. The number of halogens is 5. The van der Waals surface area contributed by atoms with Crippen molar-refractivity contribution in [1.82, 2.24) is 4.98 Å². The van der Waals surface area contributed by atoms with E-state index in [1.54, 1.807) is 0 Å². The van der Waals surface area contributed by atoms with E-state index in [2.05, 4.69) is 4.98 Å². The number of pyridine rings is 1. The number of benzene rings is 1. The first-order valence-corrected chi connectivity index (χ1v) is 6.07. The maximum atomic E-state index is 13.0. The minimum Gasteiger partial charge on any atom is -0.298 e. The second kappa shape index (κ2) is 5.42. The Bertz CT molecular complexity index is 671. The summed E-state index contributed by atoms with van der Waals surface area (Å²) in [7, 11) is 0. The van der Waals surface area contributed by atoms with Crippen molar-refractivity contribution in [1.29, 1.82) is 0 Å². The van der Waals surface area contributed by atoms with Crippen LogP contribution in [0.1, 0.15) is 15.9 Å². The normalized spacial score (nSPS) is 11.4. The molecule has 0 aliphatic rings. The summed E-state index contributed by atoms with van der Waals surface area (Å²) in [6.45, 7) is 0. The largest absolute Gasteiger partial charge is 0.417 e. The van der Waals surface area contributed by atoms with Gasteiger partial charge in [0.2, 0.25) is 0 Å². The van der Waals surface area contributed by atoms with E-state index in [-0.39, 0.29) is 26.9 Å². The van der Waals surface area contributed by atoms with Gasteiger partial charge in [-0.15, -0.1) is 0 Å². The summed E-state index contributed by atoms with van der Waals surface area (Å²) >= 11 is 11.6. The van der Waals surface area contributed by atoms with Gasteiger partial charge in [0.25, 0.3) is 0 Å². The van der Waals surface area contributed by atoms with Crippen LogP contribution >= 0.6 is 23.2 Å². The van der Waals surface area contributed by atoms with E-state index in [4.69, 9.17) is 23.2 Å². The monoisotopic (exact) mass is 319 g/mol. The van der Waals surface area contributed by atoms with Gasteiger partial charge in [0.15, 0.2) is 6.29 Å². The summed E-state index contributed by atoms with van der Waals surface area (Å²) in [5.41, 5.74) is -1.31. The van der Waals surface area contributed by atoms with Crippen LogP contribution in [0.4, 0.5) is 13.2 Å². The SMILES string of the molecule is O=Cc1c(Cl)cnc(-c2ccccc2C(F)(F)F)c1Cl. The van der Waals surface area contributed by atoms with Gasteiger partial charge in [-0.2, -0.15) is 13.2 Å². The maximum Gasteiger partial charge on any atom is 0.417 e. The number of nitrogens with zero attached hydrogens (tertiary/aromatic N) is 1. The van der Waals surface area contributed by atoms with Crippen LogP contribution in [0.25, 0.3) is 11.3 Å². The predicted molar refractivity (Wildman–Crippen MR) is 70.1 cm³/mol. The molecule has 0 unspecified atom stereocenters. The molecular weight excluding hydrogens is 314 g/mol. The quantitative estimate of drug-likeness (QED) is 0.738. The van der Waals surface area contributed by atoms with Crippen molar-refractivity contribution < 1.29 is 18.0 Å². The molecule has 0 atom stereocenters. The van der Waals surface area contributed by atoms with Crippen molar-refractivity contribution in [2.45, 2.75) is 6.18 Å². The van der Waals surface area contributed by atoms with Gasteiger partial charge in [-0.25, -0.2) is 0 Å². The molecule has 2 rings (SSSR count). The van der Waals surface area contributed by atoms with E-state index >= 15 is 0 Å². The first kappa shape index (κ1) is 14.8. The zero-order valence-corrected chi connectivity index (χ0v) is 11.2. The molecule has 0 radical (unpaired) electrons. The smallest absolute Gasteiger partial charge is 0.298 e. The van der Waals surface area contributed by atoms with Crippen LogP contribution < -0.4 is 0 Å². The van der Waals surface area contributed by atoms with Gasteiger partial charge in [0, 0.05) is 11.8 Å². The highest BCUT2D eigenvalue weighted by Crippen LogP contribution is 2.39. The van der Waals surface area contributed by atoms with Crippen LogP contribution in [0.3, 0.4) is 0 Å². The Kier molecular flexibility index (Phi) is 4.01. The number of carbonyl (C=O) groups excluding carboxylic acids is 1. The van der Waals surface area contributed by atoms with Crippen LogP contribution in [-0.2, 0) is 6.18 Å². The van der Waals surface area contributed by atoms with Crippen LogP contribution in [0.5, 0.6) is 0 Å². The molecule has 2 aromatic rings. The van der Waals surface area contributed by atoms with Crippen molar-refractivity contribution in [2.24, 2.45) is 0 Å². The minimum absolute atomic E-state index is 0.0155. The molecule has 1 aromatic heterocycles. The highest BCUT2D eigenvalue weighted by Gasteiger charge is 2.34. The maximum absolute atomic E-state index is 13.0. The van der Waals surface area contributed by atoms with Crippen LogP contribution in [0.2, 0.25) is 10.0 Å². The molecule has 1 aromatic carbocycles. The van der Waals surface area contributed by atoms with Gasteiger partial charge in [-0.3, -0.25) is 9.78 Å². The van der Waals surface area contributed by atoms with Crippen molar-refractivity contribution >= 4 is 29.5 Å². The zero-order chi connectivity index (χ0) is 14.9. The lowest BCUT2D eigenvalue weighted by atomic mass is 10.0. The number of aldehydes is 1. The minimum atomic E-state index is -4.55. The molecule has 0 aliphatic carbocycles. The van der Waals surface area contributed by atoms with E-state index < -0.39 is 11.7 Å². The third kappa shape index (κ3) is 2.64. The summed E-state index contributed by atoms with van der Waals surface area (Å²) < 4.78 is 38.9. The molecule has 0 spiro atoms. The Morgan fingerprint density at radius 2 is 1.80 bits per heavy atom. The van der Waals surface area contributed by atoms with Crippen molar-refractivity contribution in [2.75, 3.05) is 0 Å². The molecule has 0 saturated carbocycles. The average molecular weight is 320 g/mol. The number of carbonyl (C=O) groups is 1. The second-order valence-electron chi connectivity index (χ2n) is 3.84. The molecule has 0 bridgehead atoms. The fourth-order valence-electron chi connectivity index (χ4n) is 1.71. The van der Waals surface area contributed by atoms with Gasteiger partial charge in [0.1, 0.15) is 0 Å². The van der Waals surface area contributed by atoms with Gasteiger partial charge in [0.05, 0.1) is 26.9 Å². The first-order chi connectivity index (χ1) is 9.36. The highest BCUT2D eigenvalue weighted by atomic mass is 35.5. The molecule has 7 heteroatoms. The number of hydrogen-bond acceptors (Lipinski definition) is 2. The van der Waals surface area contributed by atoms with Gasteiger partial charge >= 0.3 is 6.18 Å². The lowest BCUT2D eigenvalue weighted by molar-refractivity contribution is -0.137. The molecule has 0 amide bonds. The lowest BCUT2D eigenvalue weighted by Gasteiger charge is -2.14. The Labute approximate surface area is 122 Å². The van der Waals surface area contributed by atoms with E-state index in [1.165, 1.54) is 18.2 Å². The Balaban J connectivity index is 2.73. The molecule has 0 N–H and O–H groups in total. The third-order valence-electron chi connectivity index (χ3n) is 2.61. The van der Waals surface area contributed by atoms with Crippen LogP contribution in [0, 0.1) is 0 Å². The zero-order valence-electron chi connectivity index (χ0n) is 9.71. The summed E-state index contributed by atoms with van der Waals surface area (Å²) in [5, 5.41) is -0.220. The summed E-state index contributed by atoms with van der Waals surface area (Å²) in [6.07, 6.45) is -3.08. The molecule has 0 saturated heterocycles. The second-order valence-corrected chi connectivity index (χ2v) is 4.63. The lowest BCUT2D eigenvalue weighted by Crippen LogP contribution is -2.08. The van der Waals surface area contributed by atoms with Crippen molar-refractivity contribution in [3.8, 4) is 11.3 Å². The molecule has 0 aliphatic heterocycles. The first-order valence-electron chi connectivity index (χ1n) is 5.32. The number of rotatable bonds is 2. The van der Waals surface area contributed by atoms with Gasteiger partial charge in [-0.05, 0) is 6.07 Å². The van der Waals surface area contributed by atoms with E-state index in [1.807, 2.05) is 0 Å². The fourth-order valence-corrected chi connectivity index (χ4v) is 2.25. The van der Waals surface area contributed by atoms with Crippen LogP contribution in [-0.4, -0.2) is 11.3 Å². The fraction of sp³-hybridized carbons (Fsp3) is 0.0769. The topological polar surface area (TPSA) is 30.0 Å². The molecule has 20 heavy (non-hydrogen) atoms. The van der Waals surface area contributed by atoms with E-state index in [0.717, 1.165) is 12.3 Å². The molecule has 0 fully saturated rings. The third-order valence-corrected chi connectivity index (χ3v) is 3.30. The highest BCUT2D eigenvalue weighted by molar-refractivity contribution is 6.39. The standard InChI is InChI=1S/C13H6Cl2F3NO/c14-10-5-19-12(11(15)8(10)6-20)7-3-1-2-4-9(7)13(16,17)18/h1-6H. The van der Waals surface area contributed by atoms with Crippen molar-refractivity contribution in [3.63, 3.8) is 0 Å². The Morgan fingerprint density at radius 1 is 1.15 bits per heavy atom. The van der Waals surface area contributed by atoms with Crippen molar-refractivity contribution in [3.05, 3.63) is 51.6 Å². The summed E-state index contributed by atoms with van der Waals surface area (Å²) in [6, 6.07) is 4.84. The Morgan fingerprint density at radius 3 is 2.40 bits per heavy atom. The predicted octanol–water partition coefficient (Wildman–Crippen LogP) is 4.89. The van der Waals surface area contributed by atoms with Crippen LogP contribution in [0.15, 0.2) is 30.5 Å². The number of aromatic nitrogens is 1. The van der Waals surface area contributed by atoms with Gasteiger partial charge in [-0.1, -0.05) is 41.4 Å². The number of alkyl halides is 3. The average Bonchev–Trinajstić information content (AvgIpc) is 2.38. The molecule has 104 valence electrons. The number of hydrogen-bond donors (Lipinski definition) is 0. The summed E-state index contributed by atoms with van der Waals surface area (Å²) in [4.78, 5) is 14.7. The van der Waals surface area contributed by atoms with E-state index in [9.17, 15) is 18.0 Å². The van der Waals surface area contributed by atoms with Gasteiger partial charge < -0.3 is 0 Å². The Hall–Kier alpha value is -1.59. The van der Waals surface area contributed by atoms with E-state index in [0.29, 0.717) is 6.29 Å². The molecule has 2 nitrogen and oxygen atoms in total. The molecule has 1 heterocycles.